The van der Waals surface area contributed by atoms with E-state index in [0.29, 0.717) is 0 Å². The van der Waals surface area contributed by atoms with Crippen LogP contribution in [0.25, 0.3) is 54.6 Å². The van der Waals surface area contributed by atoms with Gasteiger partial charge in [0.15, 0.2) is 0 Å². The van der Waals surface area contributed by atoms with Gasteiger partial charge in [-0.1, -0.05) is 115 Å². The van der Waals surface area contributed by atoms with Crippen LogP contribution in [0.2, 0.25) is 0 Å². The summed E-state index contributed by atoms with van der Waals surface area (Å²) in [6.45, 7) is 2.20. The van der Waals surface area contributed by atoms with Crippen molar-refractivity contribution in [2.75, 3.05) is 0 Å². The summed E-state index contributed by atoms with van der Waals surface area (Å²) in [5.74, 6) is 1.87. The van der Waals surface area contributed by atoms with Crippen LogP contribution in [-0.2, 0) is 0 Å². The van der Waals surface area contributed by atoms with Gasteiger partial charge < -0.3 is 4.74 Å². The smallest absolute Gasteiger partial charge is 0.149 e. The number of para-hydroxylation sites is 2. The van der Waals surface area contributed by atoms with Gasteiger partial charge in [-0.2, -0.15) is 0 Å². The van der Waals surface area contributed by atoms with Crippen molar-refractivity contribution in [2.24, 2.45) is 0 Å². The zero-order valence-electron chi connectivity index (χ0n) is 21.4. The molecule has 0 N–H and O–H groups in total. The Balaban J connectivity index is 1.25. The topological polar surface area (TPSA) is 9.23 Å². The minimum atomic E-state index is 0.924. The van der Waals surface area contributed by atoms with Gasteiger partial charge in [-0.15, -0.1) is 0 Å². The monoisotopic (exact) mass is 516 g/mol. The van der Waals surface area contributed by atoms with Gasteiger partial charge in [-0.3, -0.25) is 0 Å². The quantitative estimate of drug-likeness (QED) is 0.211. The highest BCUT2D eigenvalue weighted by Crippen LogP contribution is 2.51. The van der Waals surface area contributed by atoms with Crippen LogP contribution < -0.4 is 4.74 Å². The normalized spacial score (nSPS) is 12.3. The van der Waals surface area contributed by atoms with Crippen LogP contribution in [0.4, 0.5) is 0 Å². The standard InChI is InChI=1S/C37H24OS/c1-23-21-24(17-19-26(23)32-13-8-16-36-37(32)38-34-14-6-7-15-35(34)39-36)25-18-20-31-29-11-3-2-9-27(29)28-10-4-5-12-30(28)33(31)22-25/h2-22H,1H3. The zero-order valence-corrected chi connectivity index (χ0v) is 22.3. The van der Waals surface area contributed by atoms with Crippen LogP contribution in [0.3, 0.4) is 0 Å². The molecule has 0 spiro atoms. The molecule has 39 heavy (non-hydrogen) atoms. The van der Waals surface area contributed by atoms with Crippen molar-refractivity contribution >= 4 is 44.1 Å². The molecule has 0 aromatic heterocycles. The first-order chi connectivity index (χ1) is 19.2. The molecule has 0 unspecified atom stereocenters. The van der Waals surface area contributed by atoms with Crippen LogP contribution in [0.1, 0.15) is 5.56 Å². The molecule has 8 rings (SSSR count). The van der Waals surface area contributed by atoms with Crippen LogP contribution in [0.5, 0.6) is 11.5 Å². The molecule has 1 heterocycles. The first kappa shape index (κ1) is 22.5. The predicted molar refractivity (Wildman–Crippen MR) is 165 cm³/mol. The number of hydrogen-bond acceptors (Lipinski definition) is 2. The Hall–Kier alpha value is -4.53. The molecule has 0 radical (unpaired) electrons. The van der Waals surface area contributed by atoms with Crippen molar-refractivity contribution < 1.29 is 4.74 Å². The Labute approximate surface area is 231 Å². The van der Waals surface area contributed by atoms with Crippen LogP contribution in [-0.4, -0.2) is 0 Å². The molecule has 0 bridgehead atoms. The fourth-order valence-electron chi connectivity index (χ4n) is 5.99. The minimum Gasteiger partial charge on any atom is -0.454 e. The molecule has 0 amide bonds. The van der Waals surface area contributed by atoms with Crippen molar-refractivity contribution in [2.45, 2.75) is 16.7 Å². The Bertz CT molecular complexity index is 2050. The van der Waals surface area contributed by atoms with E-state index in [2.05, 4.69) is 122 Å². The maximum atomic E-state index is 6.44. The van der Waals surface area contributed by atoms with Crippen molar-refractivity contribution in [3.63, 3.8) is 0 Å². The molecule has 0 aliphatic carbocycles. The van der Waals surface area contributed by atoms with E-state index >= 15 is 0 Å². The molecule has 184 valence electrons. The van der Waals surface area contributed by atoms with Gasteiger partial charge in [0, 0.05) is 5.56 Å². The van der Waals surface area contributed by atoms with Crippen molar-refractivity contribution in [3.05, 3.63) is 133 Å². The van der Waals surface area contributed by atoms with E-state index < -0.39 is 0 Å². The Kier molecular flexibility index (Phi) is 5.04. The summed E-state index contributed by atoms with van der Waals surface area (Å²) in [4.78, 5) is 2.31. The largest absolute Gasteiger partial charge is 0.454 e. The van der Waals surface area contributed by atoms with Gasteiger partial charge in [-0.05, 0) is 85.8 Å². The molecular formula is C37H24OS. The summed E-state index contributed by atoms with van der Waals surface area (Å²) < 4.78 is 6.44. The molecule has 7 aromatic carbocycles. The van der Waals surface area contributed by atoms with Crippen molar-refractivity contribution in [1.29, 1.82) is 0 Å². The maximum Gasteiger partial charge on any atom is 0.149 e. The molecule has 0 fully saturated rings. The number of hydrogen-bond donors (Lipinski definition) is 0. The van der Waals surface area contributed by atoms with Crippen LogP contribution in [0, 0.1) is 6.92 Å². The van der Waals surface area contributed by atoms with Gasteiger partial charge in [0.1, 0.15) is 11.5 Å². The second-order valence-electron chi connectivity index (χ2n) is 10.2. The lowest BCUT2D eigenvalue weighted by molar-refractivity contribution is 0.456. The van der Waals surface area contributed by atoms with Gasteiger partial charge >= 0.3 is 0 Å². The maximum absolute atomic E-state index is 6.44. The van der Waals surface area contributed by atoms with Crippen molar-refractivity contribution in [3.8, 4) is 33.8 Å². The fraction of sp³-hybridized carbons (Fsp3) is 0.0270. The van der Waals surface area contributed by atoms with E-state index in [1.54, 1.807) is 11.8 Å². The first-order valence-corrected chi connectivity index (χ1v) is 14.1. The minimum absolute atomic E-state index is 0.924. The summed E-state index contributed by atoms with van der Waals surface area (Å²) >= 11 is 1.77. The highest BCUT2D eigenvalue weighted by atomic mass is 32.2. The number of aryl methyl sites for hydroxylation is 1. The average molecular weight is 517 g/mol. The van der Waals surface area contributed by atoms with Gasteiger partial charge in [0.05, 0.1) is 9.79 Å². The van der Waals surface area contributed by atoms with Crippen LogP contribution in [0.15, 0.2) is 137 Å². The molecule has 1 aliphatic rings. The Morgan fingerprint density at radius 3 is 1.79 bits per heavy atom. The van der Waals surface area contributed by atoms with Gasteiger partial charge in [-0.25, -0.2) is 0 Å². The predicted octanol–water partition coefficient (Wildman–Crippen LogP) is 11.0. The highest BCUT2D eigenvalue weighted by Gasteiger charge is 2.22. The molecular weight excluding hydrogens is 492 g/mol. The Morgan fingerprint density at radius 2 is 1.05 bits per heavy atom. The SMILES string of the molecule is Cc1cc(-c2ccc3c4ccccc4c4ccccc4c3c2)ccc1-c1cccc2c1Oc1ccccc1S2. The van der Waals surface area contributed by atoms with E-state index in [4.69, 9.17) is 4.74 Å². The van der Waals surface area contributed by atoms with E-state index in [-0.39, 0.29) is 0 Å². The fourth-order valence-corrected chi connectivity index (χ4v) is 6.98. The lowest BCUT2D eigenvalue weighted by atomic mass is 9.91. The molecule has 1 aliphatic heterocycles. The highest BCUT2D eigenvalue weighted by molar-refractivity contribution is 7.99. The summed E-state index contributed by atoms with van der Waals surface area (Å²) in [5, 5.41) is 7.81. The molecule has 2 heteroatoms. The summed E-state index contributed by atoms with van der Waals surface area (Å²) in [6.07, 6.45) is 0. The number of ether oxygens (including phenoxy) is 1. The third-order valence-corrected chi connectivity index (χ3v) is 8.95. The average Bonchev–Trinajstić information content (AvgIpc) is 3.00. The summed E-state index contributed by atoms with van der Waals surface area (Å²) in [5.41, 5.74) is 6.02. The third kappa shape index (κ3) is 3.56. The number of rotatable bonds is 2. The molecule has 0 saturated carbocycles. The van der Waals surface area contributed by atoms with Gasteiger partial charge in [0.25, 0.3) is 0 Å². The van der Waals surface area contributed by atoms with Crippen molar-refractivity contribution in [1.82, 2.24) is 0 Å². The molecule has 0 atom stereocenters. The van der Waals surface area contributed by atoms with Crippen LogP contribution >= 0.6 is 11.8 Å². The second kappa shape index (κ2) is 8.76. The molecule has 0 saturated heterocycles. The summed E-state index contributed by atoms with van der Waals surface area (Å²) in [7, 11) is 0. The zero-order chi connectivity index (χ0) is 25.9. The summed E-state index contributed by atoms with van der Waals surface area (Å²) in [6, 6.07) is 45.9. The van der Waals surface area contributed by atoms with E-state index in [1.165, 1.54) is 54.6 Å². The van der Waals surface area contributed by atoms with Gasteiger partial charge in [0.2, 0.25) is 0 Å². The number of benzene rings is 7. The second-order valence-corrected chi connectivity index (χ2v) is 11.2. The van der Waals surface area contributed by atoms with E-state index in [9.17, 15) is 0 Å². The molecule has 7 aromatic rings. The lowest BCUT2D eigenvalue weighted by Crippen LogP contribution is -1.97. The Morgan fingerprint density at radius 1 is 0.462 bits per heavy atom. The first-order valence-electron chi connectivity index (χ1n) is 13.3. The number of fused-ring (bicyclic) bond motifs is 8. The van der Waals surface area contributed by atoms with E-state index in [0.717, 1.165) is 26.9 Å². The molecule has 1 nitrogen and oxygen atoms in total. The lowest BCUT2D eigenvalue weighted by Gasteiger charge is -2.22. The van der Waals surface area contributed by atoms with E-state index in [1.807, 2.05) is 12.1 Å². The third-order valence-electron chi connectivity index (χ3n) is 7.85.